The van der Waals surface area contributed by atoms with E-state index >= 15 is 0 Å². The third kappa shape index (κ3) is 5.49. The molecule has 0 radical (unpaired) electrons. The molecule has 5 heteroatoms. The molecule has 1 unspecified atom stereocenters. The zero-order valence-corrected chi connectivity index (χ0v) is 16.2. The summed E-state index contributed by atoms with van der Waals surface area (Å²) >= 11 is 0. The lowest BCUT2D eigenvalue weighted by Gasteiger charge is -2.16. The summed E-state index contributed by atoms with van der Waals surface area (Å²) in [5, 5.41) is 6.31. The molecule has 0 aliphatic rings. The highest BCUT2D eigenvalue weighted by Crippen LogP contribution is 2.29. The maximum Gasteiger partial charge on any atom is 0.226 e. The Labute approximate surface area is 155 Å². The quantitative estimate of drug-likeness (QED) is 0.755. The van der Waals surface area contributed by atoms with Crippen molar-refractivity contribution in [1.29, 1.82) is 0 Å². The summed E-state index contributed by atoms with van der Waals surface area (Å²) in [6, 6.07) is 11.8. The Morgan fingerprint density at radius 3 is 2.50 bits per heavy atom. The first kappa shape index (κ1) is 19.8. The predicted octanol–water partition coefficient (Wildman–Crippen LogP) is 3.83. The number of rotatable bonds is 8. The van der Waals surface area contributed by atoms with E-state index in [-0.39, 0.29) is 11.9 Å². The van der Waals surface area contributed by atoms with E-state index in [9.17, 15) is 4.79 Å². The number of carbonyl (C=O) groups is 1. The molecule has 2 aromatic rings. The van der Waals surface area contributed by atoms with E-state index < -0.39 is 0 Å². The van der Waals surface area contributed by atoms with Crippen molar-refractivity contribution < 1.29 is 14.3 Å². The van der Waals surface area contributed by atoms with Crippen LogP contribution < -0.4 is 20.1 Å². The molecule has 0 fully saturated rings. The van der Waals surface area contributed by atoms with E-state index in [2.05, 4.69) is 42.7 Å². The van der Waals surface area contributed by atoms with E-state index in [0.717, 1.165) is 6.54 Å². The third-order valence-electron chi connectivity index (χ3n) is 4.31. The van der Waals surface area contributed by atoms with Crippen LogP contribution in [-0.4, -0.2) is 26.2 Å². The molecule has 2 rings (SSSR count). The molecule has 1 amide bonds. The molecule has 0 aliphatic heterocycles. The van der Waals surface area contributed by atoms with Crippen molar-refractivity contribution in [1.82, 2.24) is 5.32 Å². The van der Waals surface area contributed by atoms with Gasteiger partial charge in [0.25, 0.3) is 0 Å². The summed E-state index contributed by atoms with van der Waals surface area (Å²) in [6.07, 6.45) is 0.366. The maximum absolute atomic E-state index is 12.4. The van der Waals surface area contributed by atoms with Crippen LogP contribution in [0.25, 0.3) is 0 Å². The molecule has 2 aromatic carbocycles. The van der Waals surface area contributed by atoms with Crippen molar-refractivity contribution in [3.05, 3.63) is 53.1 Å². The zero-order valence-electron chi connectivity index (χ0n) is 16.2. The van der Waals surface area contributed by atoms with E-state index in [1.165, 1.54) is 16.7 Å². The maximum atomic E-state index is 12.4. The number of aryl methyl sites for hydroxylation is 2. The average molecular weight is 356 g/mol. The number of ether oxygens (including phenoxy) is 2. The number of hydrogen-bond acceptors (Lipinski definition) is 4. The second-order valence-corrected chi connectivity index (χ2v) is 6.53. The van der Waals surface area contributed by atoms with Gasteiger partial charge in [-0.2, -0.15) is 0 Å². The van der Waals surface area contributed by atoms with Gasteiger partial charge in [-0.25, -0.2) is 0 Å². The number of nitrogens with one attached hydrogen (secondary N) is 2. The minimum absolute atomic E-state index is 0.0484. The normalized spacial score (nSPS) is 11.7. The lowest BCUT2D eigenvalue weighted by atomic mass is 10.1. The van der Waals surface area contributed by atoms with Gasteiger partial charge in [-0.15, -0.1) is 0 Å². The van der Waals surface area contributed by atoms with E-state index in [1.54, 1.807) is 32.4 Å². The van der Waals surface area contributed by atoms with Crippen LogP contribution in [0.1, 0.15) is 30.0 Å². The minimum atomic E-state index is -0.0721. The molecular formula is C21H28N2O3. The molecule has 2 N–H and O–H groups in total. The molecule has 0 spiro atoms. The lowest BCUT2D eigenvalue weighted by molar-refractivity contribution is -0.116. The number of methoxy groups -OCH3 is 2. The van der Waals surface area contributed by atoms with Gasteiger partial charge in [0.1, 0.15) is 11.5 Å². The molecule has 1 atom stereocenters. The Morgan fingerprint density at radius 1 is 1.08 bits per heavy atom. The first-order valence-electron chi connectivity index (χ1n) is 8.74. The van der Waals surface area contributed by atoms with Gasteiger partial charge < -0.3 is 20.1 Å². The highest BCUT2D eigenvalue weighted by atomic mass is 16.5. The monoisotopic (exact) mass is 356 g/mol. The van der Waals surface area contributed by atoms with Gasteiger partial charge in [0.15, 0.2) is 0 Å². The number of benzene rings is 2. The summed E-state index contributed by atoms with van der Waals surface area (Å²) in [5.41, 5.74) is 4.37. The van der Waals surface area contributed by atoms with Crippen molar-refractivity contribution in [2.45, 2.75) is 39.8 Å². The zero-order chi connectivity index (χ0) is 19.1. The largest absolute Gasteiger partial charge is 0.497 e. The van der Waals surface area contributed by atoms with Crippen LogP contribution in [0.5, 0.6) is 11.5 Å². The summed E-state index contributed by atoms with van der Waals surface area (Å²) in [7, 11) is 3.16. The first-order valence-corrected chi connectivity index (χ1v) is 8.74. The van der Waals surface area contributed by atoms with E-state index in [4.69, 9.17) is 9.47 Å². The predicted molar refractivity (Wildman–Crippen MR) is 105 cm³/mol. The highest BCUT2D eigenvalue weighted by Gasteiger charge is 2.13. The average Bonchev–Trinajstić information content (AvgIpc) is 2.60. The second kappa shape index (κ2) is 9.25. The van der Waals surface area contributed by atoms with Gasteiger partial charge in [-0.3, -0.25) is 4.79 Å². The Balaban J connectivity index is 1.91. The van der Waals surface area contributed by atoms with Gasteiger partial charge in [0.2, 0.25) is 5.91 Å². The van der Waals surface area contributed by atoms with Crippen LogP contribution in [0.3, 0.4) is 0 Å². The van der Waals surface area contributed by atoms with Gasteiger partial charge in [0.05, 0.1) is 19.9 Å². The molecule has 0 heterocycles. The molecule has 5 nitrogen and oxygen atoms in total. The third-order valence-corrected chi connectivity index (χ3v) is 4.31. The molecule has 0 aromatic heterocycles. The smallest absolute Gasteiger partial charge is 0.226 e. The standard InChI is InChI=1S/C21H28N2O3/c1-14-6-7-17(15(2)10-14)13-22-16(3)11-21(24)23-19-12-18(25-4)8-9-20(19)26-5/h6-10,12,16,22H,11,13H2,1-5H3,(H,23,24). The topological polar surface area (TPSA) is 59.6 Å². The SMILES string of the molecule is COc1ccc(OC)c(NC(=O)CC(C)NCc2ccc(C)cc2C)c1. The van der Waals surface area contributed by atoms with Crippen molar-refractivity contribution >= 4 is 11.6 Å². The van der Waals surface area contributed by atoms with Crippen LogP contribution in [-0.2, 0) is 11.3 Å². The Bertz CT molecular complexity index is 759. The van der Waals surface area contributed by atoms with Crippen molar-refractivity contribution in [3.8, 4) is 11.5 Å². The van der Waals surface area contributed by atoms with Crippen LogP contribution in [0, 0.1) is 13.8 Å². The number of anilines is 1. The number of carbonyl (C=O) groups excluding carboxylic acids is 1. The van der Waals surface area contributed by atoms with Gasteiger partial charge >= 0.3 is 0 Å². The molecule has 26 heavy (non-hydrogen) atoms. The van der Waals surface area contributed by atoms with Crippen molar-refractivity contribution in [2.75, 3.05) is 19.5 Å². The minimum Gasteiger partial charge on any atom is -0.497 e. The van der Waals surface area contributed by atoms with Crippen LogP contribution in [0.2, 0.25) is 0 Å². The van der Waals surface area contributed by atoms with Gasteiger partial charge in [-0.1, -0.05) is 23.8 Å². The van der Waals surface area contributed by atoms with Gasteiger partial charge in [0, 0.05) is 25.1 Å². The Morgan fingerprint density at radius 2 is 1.85 bits per heavy atom. The lowest BCUT2D eigenvalue weighted by Crippen LogP contribution is -2.30. The fraction of sp³-hybridized carbons (Fsp3) is 0.381. The molecule has 0 bridgehead atoms. The number of hydrogen-bond donors (Lipinski definition) is 2. The van der Waals surface area contributed by atoms with Crippen LogP contribution in [0.4, 0.5) is 5.69 Å². The molecule has 0 saturated carbocycles. The highest BCUT2D eigenvalue weighted by molar-refractivity contribution is 5.92. The summed E-state index contributed by atoms with van der Waals surface area (Å²) < 4.78 is 10.5. The van der Waals surface area contributed by atoms with Crippen molar-refractivity contribution in [2.24, 2.45) is 0 Å². The summed E-state index contributed by atoms with van der Waals surface area (Å²) in [4.78, 5) is 12.4. The molecule has 140 valence electrons. The first-order chi connectivity index (χ1) is 12.4. The van der Waals surface area contributed by atoms with Crippen LogP contribution >= 0.6 is 0 Å². The fourth-order valence-corrected chi connectivity index (χ4v) is 2.79. The molecule has 0 saturated heterocycles. The van der Waals surface area contributed by atoms with Gasteiger partial charge in [-0.05, 0) is 44.0 Å². The second-order valence-electron chi connectivity index (χ2n) is 6.53. The van der Waals surface area contributed by atoms with Crippen LogP contribution in [0.15, 0.2) is 36.4 Å². The Kier molecular flexibility index (Phi) is 7.04. The van der Waals surface area contributed by atoms with E-state index in [1.807, 2.05) is 6.92 Å². The van der Waals surface area contributed by atoms with E-state index in [0.29, 0.717) is 23.6 Å². The summed E-state index contributed by atoms with van der Waals surface area (Å²) in [5.74, 6) is 1.20. The molecule has 0 aliphatic carbocycles. The number of amides is 1. The fourth-order valence-electron chi connectivity index (χ4n) is 2.79. The molecular weight excluding hydrogens is 328 g/mol. The Hall–Kier alpha value is -2.53. The van der Waals surface area contributed by atoms with Crippen molar-refractivity contribution in [3.63, 3.8) is 0 Å². The summed E-state index contributed by atoms with van der Waals surface area (Å²) in [6.45, 7) is 6.94.